The first-order chi connectivity index (χ1) is 15.0. The Morgan fingerprint density at radius 3 is 2.35 bits per heavy atom. The third kappa shape index (κ3) is 6.38. The number of nitrogens with zero attached hydrogens (tertiary/aromatic N) is 1. The number of hydrogen-bond acceptors (Lipinski definition) is 5. The molecule has 0 atom stereocenters. The molecule has 1 amide bonds. The number of halogens is 2. The Kier molecular flexibility index (Phi) is 7.76. The molecule has 0 aliphatic rings. The van der Waals surface area contributed by atoms with Gasteiger partial charge in [-0.15, -0.1) is 0 Å². The third-order valence-electron chi connectivity index (χ3n) is 4.24. The van der Waals surface area contributed by atoms with Gasteiger partial charge in [0.15, 0.2) is 0 Å². The van der Waals surface area contributed by atoms with Crippen molar-refractivity contribution in [3.8, 4) is 17.2 Å². The second-order valence-electron chi connectivity index (χ2n) is 6.41. The summed E-state index contributed by atoms with van der Waals surface area (Å²) in [5, 5.41) is 4.99. The quantitative estimate of drug-likeness (QED) is 0.364. The van der Waals surface area contributed by atoms with Gasteiger partial charge in [0.05, 0.1) is 30.5 Å². The molecule has 0 aromatic heterocycles. The van der Waals surface area contributed by atoms with Crippen molar-refractivity contribution < 1.29 is 19.0 Å². The van der Waals surface area contributed by atoms with E-state index in [2.05, 4.69) is 10.5 Å². The van der Waals surface area contributed by atoms with Crippen LogP contribution in [-0.4, -0.2) is 26.3 Å². The number of carbonyl (C=O) groups is 1. The minimum Gasteiger partial charge on any atom is -0.497 e. The number of amides is 1. The Labute approximate surface area is 190 Å². The van der Waals surface area contributed by atoms with Gasteiger partial charge < -0.3 is 14.2 Å². The fourth-order valence-corrected chi connectivity index (χ4v) is 2.97. The number of methoxy groups -OCH3 is 2. The van der Waals surface area contributed by atoms with E-state index >= 15 is 0 Å². The summed E-state index contributed by atoms with van der Waals surface area (Å²) >= 11 is 12.0. The summed E-state index contributed by atoms with van der Waals surface area (Å²) in [7, 11) is 3.04. The molecule has 0 saturated heterocycles. The summed E-state index contributed by atoms with van der Waals surface area (Å²) in [5.41, 5.74) is 4.51. The van der Waals surface area contributed by atoms with Gasteiger partial charge in [0.2, 0.25) is 0 Å². The molecule has 0 unspecified atom stereocenters. The summed E-state index contributed by atoms with van der Waals surface area (Å²) in [6, 6.07) is 17.5. The first kappa shape index (κ1) is 22.5. The minimum absolute atomic E-state index is 0.339. The van der Waals surface area contributed by atoms with Crippen molar-refractivity contribution in [3.63, 3.8) is 0 Å². The number of nitrogens with one attached hydrogen (secondary N) is 1. The summed E-state index contributed by atoms with van der Waals surface area (Å²) in [6.07, 6.45) is 1.53. The molecule has 0 aliphatic carbocycles. The summed E-state index contributed by atoms with van der Waals surface area (Å²) in [4.78, 5) is 12.4. The van der Waals surface area contributed by atoms with Crippen LogP contribution in [0.1, 0.15) is 21.5 Å². The van der Waals surface area contributed by atoms with Crippen molar-refractivity contribution >= 4 is 35.3 Å². The summed E-state index contributed by atoms with van der Waals surface area (Å²) in [5.74, 6) is 1.29. The van der Waals surface area contributed by atoms with E-state index in [0.717, 1.165) is 11.1 Å². The Morgan fingerprint density at radius 1 is 0.935 bits per heavy atom. The van der Waals surface area contributed by atoms with Gasteiger partial charge in [0.25, 0.3) is 5.91 Å². The van der Waals surface area contributed by atoms with Crippen molar-refractivity contribution in [1.29, 1.82) is 0 Å². The lowest BCUT2D eigenvalue weighted by Gasteiger charge is -2.08. The molecule has 31 heavy (non-hydrogen) atoms. The van der Waals surface area contributed by atoms with Gasteiger partial charge in [-0.3, -0.25) is 4.79 Å². The molecule has 1 N–H and O–H groups in total. The monoisotopic (exact) mass is 458 g/mol. The van der Waals surface area contributed by atoms with E-state index < -0.39 is 0 Å². The number of carbonyl (C=O) groups excluding carboxylic acids is 1. The van der Waals surface area contributed by atoms with Crippen molar-refractivity contribution in [1.82, 2.24) is 5.43 Å². The van der Waals surface area contributed by atoms with Gasteiger partial charge in [-0.2, -0.15) is 5.10 Å². The van der Waals surface area contributed by atoms with Crippen molar-refractivity contribution in [2.75, 3.05) is 14.2 Å². The Morgan fingerprint density at radius 2 is 1.68 bits per heavy atom. The lowest BCUT2D eigenvalue weighted by Crippen LogP contribution is -2.17. The SMILES string of the molecule is COc1cc(OC)cc(C(=O)N/N=C\c2cccc(OCc3ccc(Cl)c(Cl)c3)c2)c1. The van der Waals surface area contributed by atoms with Crippen LogP contribution in [0, 0.1) is 0 Å². The zero-order valence-electron chi connectivity index (χ0n) is 16.9. The molecule has 0 radical (unpaired) electrons. The smallest absolute Gasteiger partial charge is 0.271 e. The topological polar surface area (TPSA) is 69.2 Å². The number of hydrazone groups is 1. The van der Waals surface area contributed by atoms with Crippen molar-refractivity contribution in [2.24, 2.45) is 5.10 Å². The van der Waals surface area contributed by atoms with Gasteiger partial charge >= 0.3 is 0 Å². The van der Waals surface area contributed by atoms with Crippen LogP contribution in [0.15, 0.2) is 65.8 Å². The largest absolute Gasteiger partial charge is 0.497 e. The maximum Gasteiger partial charge on any atom is 0.271 e. The Bertz CT molecular complexity index is 1080. The van der Waals surface area contributed by atoms with Crippen LogP contribution in [0.5, 0.6) is 17.2 Å². The first-order valence-electron chi connectivity index (χ1n) is 9.22. The van der Waals surface area contributed by atoms with Crippen LogP contribution in [0.4, 0.5) is 0 Å². The average Bonchev–Trinajstić information content (AvgIpc) is 2.79. The van der Waals surface area contributed by atoms with Crippen molar-refractivity contribution in [3.05, 3.63) is 87.4 Å². The molecular formula is C23H20Cl2N2O4. The number of rotatable bonds is 8. The van der Waals surface area contributed by atoms with Crippen LogP contribution in [-0.2, 0) is 6.61 Å². The van der Waals surface area contributed by atoms with E-state index in [1.807, 2.05) is 30.3 Å². The lowest BCUT2D eigenvalue weighted by atomic mass is 10.2. The Hall–Kier alpha value is -3.22. The summed E-state index contributed by atoms with van der Waals surface area (Å²) in [6.45, 7) is 0.339. The maximum atomic E-state index is 12.4. The molecule has 3 aromatic carbocycles. The van der Waals surface area contributed by atoms with E-state index in [9.17, 15) is 4.79 Å². The Balaban J connectivity index is 1.61. The molecular weight excluding hydrogens is 439 g/mol. The molecule has 0 bridgehead atoms. The molecule has 3 aromatic rings. The first-order valence-corrected chi connectivity index (χ1v) is 9.97. The van der Waals surface area contributed by atoms with Crippen LogP contribution in [0.3, 0.4) is 0 Å². The highest BCUT2D eigenvalue weighted by Gasteiger charge is 2.09. The predicted molar refractivity (Wildman–Crippen MR) is 122 cm³/mol. The van der Waals surface area contributed by atoms with E-state index in [0.29, 0.717) is 39.5 Å². The molecule has 0 fully saturated rings. The maximum absolute atomic E-state index is 12.4. The predicted octanol–water partition coefficient (Wildman–Crippen LogP) is 5.35. The highest BCUT2D eigenvalue weighted by molar-refractivity contribution is 6.42. The number of ether oxygens (including phenoxy) is 3. The molecule has 0 aliphatic heterocycles. The van der Waals surface area contributed by atoms with Crippen LogP contribution >= 0.6 is 23.2 Å². The van der Waals surface area contributed by atoms with Gasteiger partial charge in [-0.05, 0) is 47.5 Å². The standard InChI is InChI=1S/C23H20Cl2N2O4/c1-29-19-10-17(11-20(12-19)30-2)23(28)27-26-13-15-4-3-5-18(8-15)31-14-16-6-7-21(24)22(25)9-16/h3-13H,14H2,1-2H3,(H,27,28)/b26-13-. The molecule has 3 rings (SSSR count). The fraction of sp³-hybridized carbons (Fsp3) is 0.130. The molecule has 0 spiro atoms. The van der Waals surface area contributed by atoms with Gasteiger partial charge in [-0.1, -0.05) is 41.4 Å². The lowest BCUT2D eigenvalue weighted by molar-refractivity contribution is 0.0954. The molecule has 160 valence electrons. The summed E-state index contributed by atoms with van der Waals surface area (Å²) < 4.78 is 16.1. The van der Waals surface area contributed by atoms with Crippen LogP contribution in [0.25, 0.3) is 0 Å². The van der Waals surface area contributed by atoms with Crippen LogP contribution in [0.2, 0.25) is 10.0 Å². The highest BCUT2D eigenvalue weighted by atomic mass is 35.5. The van der Waals surface area contributed by atoms with Crippen LogP contribution < -0.4 is 19.6 Å². The zero-order valence-corrected chi connectivity index (χ0v) is 18.4. The molecule has 0 heterocycles. The normalized spacial score (nSPS) is 10.7. The number of benzene rings is 3. The van der Waals surface area contributed by atoms with Crippen molar-refractivity contribution in [2.45, 2.75) is 6.61 Å². The molecule has 8 heteroatoms. The average molecular weight is 459 g/mol. The van der Waals surface area contributed by atoms with Gasteiger partial charge in [0.1, 0.15) is 23.9 Å². The second-order valence-corrected chi connectivity index (χ2v) is 7.22. The number of hydrogen-bond donors (Lipinski definition) is 1. The fourth-order valence-electron chi connectivity index (χ4n) is 2.65. The molecule has 6 nitrogen and oxygen atoms in total. The second kappa shape index (κ2) is 10.7. The third-order valence-corrected chi connectivity index (χ3v) is 4.98. The van der Waals surface area contributed by atoms with E-state index in [4.69, 9.17) is 37.4 Å². The van der Waals surface area contributed by atoms with E-state index in [1.165, 1.54) is 20.4 Å². The molecule has 0 saturated carbocycles. The minimum atomic E-state index is -0.388. The van der Waals surface area contributed by atoms with E-state index in [1.54, 1.807) is 30.3 Å². The van der Waals surface area contributed by atoms with Gasteiger partial charge in [0, 0.05) is 11.6 Å². The van der Waals surface area contributed by atoms with Gasteiger partial charge in [-0.25, -0.2) is 5.43 Å². The van der Waals surface area contributed by atoms with E-state index in [-0.39, 0.29) is 5.91 Å². The zero-order chi connectivity index (χ0) is 22.2. The highest BCUT2D eigenvalue weighted by Crippen LogP contribution is 2.24.